The maximum Gasteiger partial charge on any atom is 1.00 e. The molecule has 122 valence electrons. The third-order valence-corrected chi connectivity index (χ3v) is 3.16. The second-order valence-electron chi connectivity index (χ2n) is 3.92. The van der Waals surface area contributed by atoms with E-state index in [4.69, 9.17) is 0 Å². The molecule has 0 radical (unpaired) electrons. The van der Waals surface area contributed by atoms with E-state index in [1.165, 1.54) is 0 Å². The van der Waals surface area contributed by atoms with Crippen LogP contribution in [0.2, 0.25) is 0 Å². The fourth-order valence-corrected chi connectivity index (χ4v) is 1.64. The smallest absolute Gasteiger partial charge is 0.743 e. The predicted molar refractivity (Wildman–Crippen MR) is 49.0 cm³/mol. The normalized spacial score (nSPS) is 15.5. The quantitative estimate of drug-likeness (QED) is 0.287. The van der Waals surface area contributed by atoms with E-state index in [1.54, 1.807) is 0 Å². The molecule has 0 spiro atoms. The largest absolute Gasteiger partial charge is 1.00 e. The number of alkyl halides is 8. The van der Waals surface area contributed by atoms with Crippen LogP contribution in [0.15, 0.2) is 0 Å². The Hall–Kier alpha value is -0.0526. The average Bonchev–Trinajstić information content (AvgIpc) is 2.20. The van der Waals surface area contributed by atoms with E-state index in [9.17, 15) is 48.1 Å². The topological polar surface area (TPSA) is 57.2 Å². The van der Waals surface area contributed by atoms with E-state index in [0.717, 1.165) is 0 Å². The summed E-state index contributed by atoms with van der Waals surface area (Å²) in [5.41, 5.74) is 0. The Balaban J connectivity index is 0. The van der Waals surface area contributed by atoms with Gasteiger partial charge in [0.25, 0.3) is 0 Å². The minimum absolute atomic E-state index is 0. The van der Waals surface area contributed by atoms with Crippen molar-refractivity contribution in [1.82, 2.24) is 0 Å². The molecule has 0 aromatic carbocycles. The van der Waals surface area contributed by atoms with Crippen LogP contribution in [0, 0.1) is 0 Å². The minimum atomic E-state index is -6.81. The predicted octanol–water partition coefficient (Wildman–Crippen LogP) is 0.225. The van der Waals surface area contributed by atoms with E-state index in [0.29, 0.717) is 0 Å². The molecule has 0 aromatic heterocycles. The number of halogens is 8. The summed E-state index contributed by atoms with van der Waals surface area (Å²) in [6.07, 6.45) is -12.9. The molecular formula is C8H9F8LiO3S. The summed E-state index contributed by atoms with van der Waals surface area (Å²) < 4.78 is 129. The summed E-state index contributed by atoms with van der Waals surface area (Å²) in [6.45, 7) is 0. The van der Waals surface area contributed by atoms with Crippen LogP contribution in [-0.2, 0) is 10.1 Å². The van der Waals surface area contributed by atoms with Gasteiger partial charge in [0.05, 0.1) is 0 Å². The van der Waals surface area contributed by atoms with Gasteiger partial charge >= 0.3 is 36.2 Å². The molecule has 0 aliphatic rings. The molecule has 21 heavy (non-hydrogen) atoms. The van der Waals surface area contributed by atoms with Crippen molar-refractivity contribution < 1.29 is 67.0 Å². The Labute approximate surface area is 127 Å². The molecule has 0 amide bonds. The molecule has 0 fully saturated rings. The van der Waals surface area contributed by atoms with E-state index in [-0.39, 0.29) is 18.9 Å². The molecule has 3 nitrogen and oxygen atoms in total. The standard InChI is InChI=1S/C8H10F8O3S.Li/c9-5(3-1-2-4-6(10,11)12)7(13,14)8(15,16)20(17,18)19;/h5H,1-4H2,(H,17,18,19);/q;+1/p-1. The molecule has 13 heteroatoms. The molecule has 0 saturated heterocycles. The maximum atomic E-state index is 12.9. The van der Waals surface area contributed by atoms with E-state index in [1.807, 2.05) is 0 Å². The van der Waals surface area contributed by atoms with Crippen molar-refractivity contribution in [2.75, 3.05) is 0 Å². The summed E-state index contributed by atoms with van der Waals surface area (Å²) >= 11 is 0. The Morgan fingerprint density at radius 1 is 0.952 bits per heavy atom. The van der Waals surface area contributed by atoms with Crippen molar-refractivity contribution in [2.45, 2.75) is 49.2 Å². The molecule has 0 aliphatic heterocycles. The molecule has 0 rings (SSSR count). The van der Waals surface area contributed by atoms with Crippen LogP contribution in [0.3, 0.4) is 0 Å². The number of hydrogen-bond donors (Lipinski definition) is 0. The molecule has 0 aromatic rings. The zero-order valence-electron chi connectivity index (χ0n) is 10.6. The van der Waals surface area contributed by atoms with E-state index >= 15 is 0 Å². The van der Waals surface area contributed by atoms with Gasteiger partial charge in [-0.25, -0.2) is 12.8 Å². The molecule has 0 saturated carbocycles. The average molecular weight is 344 g/mol. The summed E-state index contributed by atoms with van der Waals surface area (Å²) in [5.74, 6) is -5.81. The Bertz CT molecular complexity index is 422. The Kier molecular flexibility index (Phi) is 8.27. The second-order valence-corrected chi connectivity index (χ2v) is 5.34. The zero-order chi connectivity index (χ0) is 16.4. The summed E-state index contributed by atoms with van der Waals surface area (Å²) in [5, 5.41) is -6.18. The van der Waals surface area contributed by atoms with Gasteiger partial charge in [0, 0.05) is 6.42 Å². The van der Waals surface area contributed by atoms with Crippen LogP contribution in [0.4, 0.5) is 35.1 Å². The molecular weight excluding hydrogens is 335 g/mol. The summed E-state index contributed by atoms with van der Waals surface area (Å²) in [4.78, 5) is 0. The van der Waals surface area contributed by atoms with Crippen LogP contribution in [0.25, 0.3) is 0 Å². The summed E-state index contributed by atoms with van der Waals surface area (Å²) in [6, 6.07) is 0. The van der Waals surface area contributed by atoms with Gasteiger partial charge < -0.3 is 4.55 Å². The van der Waals surface area contributed by atoms with Gasteiger partial charge in [0.15, 0.2) is 16.3 Å². The van der Waals surface area contributed by atoms with Gasteiger partial charge in [-0.05, 0) is 19.3 Å². The molecule has 0 bridgehead atoms. The molecule has 1 atom stereocenters. The summed E-state index contributed by atoms with van der Waals surface area (Å²) in [7, 11) is -6.81. The van der Waals surface area contributed by atoms with Gasteiger partial charge in [0.2, 0.25) is 0 Å². The van der Waals surface area contributed by atoms with E-state index < -0.39 is 59.3 Å². The SMILES string of the molecule is O=S(=O)([O-])C(F)(F)C(F)(F)C(F)CCCCC(F)(F)F.[Li+]. The first kappa shape index (κ1) is 23.2. The van der Waals surface area contributed by atoms with Crippen molar-refractivity contribution in [3.8, 4) is 0 Å². The van der Waals surface area contributed by atoms with Crippen molar-refractivity contribution in [1.29, 1.82) is 0 Å². The van der Waals surface area contributed by atoms with Crippen molar-refractivity contribution in [3.05, 3.63) is 0 Å². The molecule has 0 heterocycles. The fraction of sp³-hybridized carbons (Fsp3) is 1.00. The van der Waals surface area contributed by atoms with Crippen molar-refractivity contribution >= 4 is 10.1 Å². The van der Waals surface area contributed by atoms with E-state index in [2.05, 4.69) is 0 Å². The first-order valence-corrected chi connectivity index (χ1v) is 6.45. The maximum absolute atomic E-state index is 12.9. The second kappa shape index (κ2) is 7.48. The van der Waals surface area contributed by atoms with Crippen LogP contribution < -0.4 is 18.9 Å². The number of unbranched alkanes of at least 4 members (excludes halogenated alkanes) is 1. The Morgan fingerprint density at radius 3 is 1.71 bits per heavy atom. The monoisotopic (exact) mass is 344 g/mol. The van der Waals surface area contributed by atoms with Gasteiger partial charge in [0.1, 0.15) is 0 Å². The third-order valence-electron chi connectivity index (χ3n) is 2.26. The van der Waals surface area contributed by atoms with Crippen LogP contribution in [-0.4, -0.2) is 36.5 Å². The van der Waals surface area contributed by atoms with Gasteiger partial charge in [-0.15, -0.1) is 0 Å². The van der Waals surface area contributed by atoms with Crippen molar-refractivity contribution in [3.63, 3.8) is 0 Å². The number of hydrogen-bond acceptors (Lipinski definition) is 3. The first-order valence-electron chi connectivity index (χ1n) is 5.05. The van der Waals surface area contributed by atoms with Crippen LogP contribution >= 0.6 is 0 Å². The van der Waals surface area contributed by atoms with Gasteiger partial charge in [-0.2, -0.15) is 30.7 Å². The van der Waals surface area contributed by atoms with Crippen LogP contribution in [0.5, 0.6) is 0 Å². The van der Waals surface area contributed by atoms with Gasteiger partial charge in [-0.1, -0.05) is 0 Å². The van der Waals surface area contributed by atoms with Crippen molar-refractivity contribution in [2.24, 2.45) is 0 Å². The molecule has 0 aliphatic carbocycles. The van der Waals surface area contributed by atoms with Crippen LogP contribution in [0.1, 0.15) is 25.7 Å². The van der Waals surface area contributed by atoms with Gasteiger partial charge in [-0.3, -0.25) is 0 Å². The third kappa shape index (κ3) is 6.30. The number of rotatable bonds is 7. The zero-order valence-corrected chi connectivity index (χ0v) is 11.4. The molecule has 0 N–H and O–H groups in total. The fourth-order valence-electron chi connectivity index (χ4n) is 1.18. The molecule has 1 unspecified atom stereocenters. The first-order chi connectivity index (χ1) is 8.63. The Morgan fingerprint density at radius 2 is 1.38 bits per heavy atom. The minimum Gasteiger partial charge on any atom is -0.743 e.